The molecule has 0 saturated heterocycles. The van der Waals surface area contributed by atoms with E-state index in [1.807, 2.05) is 30.3 Å². The van der Waals surface area contributed by atoms with Crippen LogP contribution < -0.4 is 5.43 Å². The molecule has 1 N–H and O–H groups in total. The van der Waals surface area contributed by atoms with Crippen LogP contribution in [0.3, 0.4) is 0 Å². The quantitative estimate of drug-likeness (QED) is 0.557. The minimum atomic E-state index is -0.350. The van der Waals surface area contributed by atoms with E-state index >= 15 is 0 Å². The maximum Gasteiger partial charge on any atom is 0.272 e. The van der Waals surface area contributed by atoms with Gasteiger partial charge in [-0.2, -0.15) is 5.10 Å². The van der Waals surface area contributed by atoms with Crippen molar-refractivity contribution in [3.05, 3.63) is 69.7 Å². The van der Waals surface area contributed by atoms with Crippen LogP contribution in [0, 0.1) is 0 Å². The zero-order valence-corrected chi connectivity index (χ0v) is 14.4. The number of benzene rings is 2. The summed E-state index contributed by atoms with van der Waals surface area (Å²) in [6, 6.07) is 14.6. The largest absolute Gasteiger partial charge is 0.272 e. The molecule has 2 aromatic rings. The lowest BCUT2D eigenvalue weighted by Crippen LogP contribution is -2.20. The van der Waals surface area contributed by atoms with Crippen molar-refractivity contribution in [3.63, 3.8) is 0 Å². The Morgan fingerprint density at radius 1 is 1.13 bits per heavy atom. The van der Waals surface area contributed by atoms with Crippen LogP contribution in [0.15, 0.2) is 53.6 Å². The van der Waals surface area contributed by atoms with E-state index in [0.717, 1.165) is 30.5 Å². The predicted molar refractivity (Wildman–Crippen MR) is 96.4 cm³/mol. The molecule has 2 aromatic carbocycles. The molecule has 0 fully saturated rings. The van der Waals surface area contributed by atoms with E-state index in [1.54, 1.807) is 12.1 Å². The predicted octanol–water partition coefficient (Wildman–Crippen LogP) is 5.32. The minimum absolute atomic E-state index is 0.306. The number of hydrazone groups is 1. The van der Waals surface area contributed by atoms with E-state index in [1.165, 1.54) is 6.07 Å². The zero-order valence-electron chi connectivity index (χ0n) is 12.9. The Bertz CT molecular complexity index is 699. The Hall–Kier alpha value is -1.84. The molecule has 0 heterocycles. The summed E-state index contributed by atoms with van der Waals surface area (Å²) in [5.74, 6) is -0.350. The first-order valence-electron chi connectivity index (χ1n) is 7.49. The van der Waals surface area contributed by atoms with E-state index in [-0.39, 0.29) is 5.91 Å². The second-order valence-corrected chi connectivity index (χ2v) is 5.94. The van der Waals surface area contributed by atoms with Crippen molar-refractivity contribution < 1.29 is 4.79 Å². The number of hydrogen-bond acceptors (Lipinski definition) is 2. The minimum Gasteiger partial charge on any atom is -0.267 e. The van der Waals surface area contributed by atoms with Gasteiger partial charge < -0.3 is 0 Å². The Balaban J connectivity index is 2.17. The van der Waals surface area contributed by atoms with Crippen LogP contribution >= 0.6 is 23.2 Å². The molecule has 5 heteroatoms. The summed E-state index contributed by atoms with van der Waals surface area (Å²) in [6.45, 7) is 2.12. The van der Waals surface area contributed by atoms with E-state index in [9.17, 15) is 4.79 Å². The topological polar surface area (TPSA) is 41.5 Å². The summed E-state index contributed by atoms with van der Waals surface area (Å²) in [5.41, 5.74) is 4.79. The summed E-state index contributed by atoms with van der Waals surface area (Å²) in [4.78, 5) is 12.2. The van der Waals surface area contributed by atoms with E-state index in [4.69, 9.17) is 23.2 Å². The van der Waals surface area contributed by atoms with Crippen molar-refractivity contribution in [1.82, 2.24) is 5.43 Å². The highest BCUT2D eigenvalue weighted by molar-refractivity contribution is 6.36. The SMILES string of the molecule is CCCC/C(=N/NC(=O)c1ccc(Cl)cc1Cl)c1ccccc1. The molecule has 23 heavy (non-hydrogen) atoms. The molecule has 0 saturated carbocycles. The Kier molecular flexibility index (Phi) is 6.63. The number of unbranched alkanes of at least 4 members (excludes halogenated alkanes) is 1. The molecule has 0 aliphatic rings. The van der Waals surface area contributed by atoms with Crippen molar-refractivity contribution in [3.8, 4) is 0 Å². The smallest absolute Gasteiger partial charge is 0.267 e. The van der Waals surface area contributed by atoms with Crippen molar-refractivity contribution in [2.45, 2.75) is 26.2 Å². The van der Waals surface area contributed by atoms with Crippen molar-refractivity contribution in [2.75, 3.05) is 0 Å². The summed E-state index contributed by atoms with van der Waals surface area (Å²) in [6.07, 6.45) is 2.86. The van der Waals surface area contributed by atoms with E-state index in [0.29, 0.717) is 15.6 Å². The van der Waals surface area contributed by atoms with Gasteiger partial charge in [0, 0.05) is 5.02 Å². The van der Waals surface area contributed by atoms with Crippen molar-refractivity contribution in [1.29, 1.82) is 0 Å². The van der Waals surface area contributed by atoms with Gasteiger partial charge in [-0.05, 0) is 36.6 Å². The van der Waals surface area contributed by atoms with Crippen LogP contribution in [0.2, 0.25) is 10.0 Å². The number of nitrogens with one attached hydrogen (secondary N) is 1. The van der Waals surface area contributed by atoms with Gasteiger partial charge in [0.25, 0.3) is 5.91 Å². The fraction of sp³-hybridized carbons (Fsp3) is 0.222. The lowest BCUT2D eigenvalue weighted by Gasteiger charge is -2.08. The normalized spacial score (nSPS) is 11.3. The van der Waals surface area contributed by atoms with Crippen LogP contribution in [0.25, 0.3) is 0 Å². The summed E-state index contributed by atoms with van der Waals surface area (Å²) < 4.78 is 0. The molecule has 2 rings (SSSR count). The zero-order chi connectivity index (χ0) is 16.7. The lowest BCUT2D eigenvalue weighted by atomic mass is 10.1. The average molecular weight is 349 g/mol. The van der Waals surface area contributed by atoms with Crippen molar-refractivity contribution in [2.24, 2.45) is 5.10 Å². The molecule has 3 nitrogen and oxygen atoms in total. The van der Waals surface area contributed by atoms with Crippen LogP contribution in [0.5, 0.6) is 0 Å². The number of amides is 1. The molecular weight excluding hydrogens is 331 g/mol. The maximum absolute atomic E-state index is 12.2. The maximum atomic E-state index is 12.2. The van der Waals surface area contributed by atoms with Gasteiger partial charge in [-0.1, -0.05) is 66.9 Å². The van der Waals surface area contributed by atoms with Gasteiger partial charge in [0.15, 0.2) is 0 Å². The highest BCUT2D eigenvalue weighted by Gasteiger charge is 2.11. The number of halogens is 2. The fourth-order valence-corrected chi connectivity index (χ4v) is 2.59. The molecular formula is C18H18Cl2N2O. The van der Waals surface area contributed by atoms with E-state index < -0.39 is 0 Å². The first-order chi connectivity index (χ1) is 11.1. The third-order valence-corrected chi connectivity index (χ3v) is 3.89. The van der Waals surface area contributed by atoms with Crippen LogP contribution in [0.1, 0.15) is 42.1 Å². The molecule has 0 aromatic heterocycles. The van der Waals surface area contributed by atoms with E-state index in [2.05, 4.69) is 17.5 Å². The van der Waals surface area contributed by atoms with Gasteiger partial charge in [0.2, 0.25) is 0 Å². The third kappa shape index (κ3) is 5.08. The van der Waals surface area contributed by atoms with Crippen LogP contribution in [-0.4, -0.2) is 11.6 Å². The van der Waals surface area contributed by atoms with Gasteiger partial charge in [0.05, 0.1) is 16.3 Å². The molecule has 0 spiro atoms. The number of carbonyl (C=O) groups excluding carboxylic acids is 1. The van der Waals surface area contributed by atoms with Gasteiger partial charge in [-0.3, -0.25) is 4.79 Å². The lowest BCUT2D eigenvalue weighted by molar-refractivity contribution is 0.0955. The van der Waals surface area contributed by atoms with Gasteiger partial charge in [-0.15, -0.1) is 0 Å². The highest BCUT2D eigenvalue weighted by Crippen LogP contribution is 2.20. The first-order valence-corrected chi connectivity index (χ1v) is 8.24. The van der Waals surface area contributed by atoms with Gasteiger partial charge in [-0.25, -0.2) is 5.43 Å². The number of carbonyl (C=O) groups is 1. The summed E-state index contributed by atoms with van der Waals surface area (Å²) in [7, 11) is 0. The Morgan fingerprint density at radius 3 is 2.52 bits per heavy atom. The van der Waals surface area contributed by atoms with Gasteiger partial charge >= 0.3 is 0 Å². The van der Waals surface area contributed by atoms with Crippen molar-refractivity contribution >= 4 is 34.8 Å². The highest BCUT2D eigenvalue weighted by atomic mass is 35.5. The summed E-state index contributed by atoms with van der Waals surface area (Å²) >= 11 is 11.9. The fourth-order valence-electron chi connectivity index (χ4n) is 2.09. The van der Waals surface area contributed by atoms with Crippen LogP contribution in [-0.2, 0) is 0 Å². The first kappa shape index (κ1) is 17.5. The third-order valence-electron chi connectivity index (χ3n) is 3.34. The number of rotatable bonds is 6. The number of nitrogens with zero attached hydrogens (tertiary/aromatic N) is 1. The molecule has 0 radical (unpaired) electrons. The Labute approximate surface area is 146 Å². The molecule has 1 amide bonds. The average Bonchev–Trinajstić information content (AvgIpc) is 2.55. The molecule has 0 bridgehead atoms. The second kappa shape index (κ2) is 8.70. The molecule has 0 aliphatic carbocycles. The second-order valence-electron chi connectivity index (χ2n) is 5.09. The molecule has 0 unspecified atom stereocenters. The molecule has 120 valence electrons. The summed E-state index contributed by atoms with van der Waals surface area (Å²) in [5, 5.41) is 5.09. The Morgan fingerprint density at radius 2 is 1.87 bits per heavy atom. The monoisotopic (exact) mass is 348 g/mol. The molecule has 0 atom stereocenters. The number of hydrogen-bond donors (Lipinski definition) is 1. The standard InChI is InChI=1S/C18H18Cl2N2O/c1-2-3-9-17(13-7-5-4-6-8-13)21-22-18(23)15-11-10-14(19)12-16(15)20/h4-8,10-12H,2-3,9H2,1H3,(H,22,23)/b21-17-. The van der Waals surface area contributed by atoms with Gasteiger partial charge in [0.1, 0.15) is 0 Å². The van der Waals surface area contributed by atoms with Crippen LogP contribution in [0.4, 0.5) is 0 Å². The molecule has 0 aliphatic heterocycles.